The smallest absolute Gasteiger partial charge is 0.141 e. The summed E-state index contributed by atoms with van der Waals surface area (Å²) in [5.41, 5.74) is 2.35. The maximum absolute atomic E-state index is 5.83. The SMILES string of the molecule is CCCOc1ccnc2[nH]cc(C3CCC3)c12. The molecule has 0 amide bonds. The fraction of sp³-hybridized carbons (Fsp3) is 0.500. The Morgan fingerprint density at radius 1 is 1.47 bits per heavy atom. The highest BCUT2D eigenvalue weighted by molar-refractivity contribution is 5.86. The molecular formula is C14H18N2O. The summed E-state index contributed by atoms with van der Waals surface area (Å²) in [6.45, 7) is 2.90. The minimum absolute atomic E-state index is 0.705. The standard InChI is InChI=1S/C14H18N2O/c1-2-8-17-12-6-7-15-14-13(12)11(9-16-14)10-4-3-5-10/h6-7,9-10H,2-5,8H2,1H3,(H,15,16). The largest absolute Gasteiger partial charge is 0.493 e. The van der Waals surface area contributed by atoms with Gasteiger partial charge in [-0.15, -0.1) is 0 Å². The normalized spacial score (nSPS) is 16.1. The molecule has 1 N–H and O–H groups in total. The summed E-state index contributed by atoms with van der Waals surface area (Å²) in [7, 11) is 0. The minimum atomic E-state index is 0.705. The van der Waals surface area contributed by atoms with Crippen LogP contribution in [0, 0.1) is 0 Å². The number of aromatic nitrogens is 2. The van der Waals surface area contributed by atoms with Gasteiger partial charge >= 0.3 is 0 Å². The fourth-order valence-corrected chi connectivity index (χ4v) is 2.42. The lowest BCUT2D eigenvalue weighted by Gasteiger charge is -2.25. The molecule has 0 aromatic carbocycles. The number of H-pyrrole nitrogens is 1. The van der Waals surface area contributed by atoms with Gasteiger partial charge in [-0.2, -0.15) is 0 Å². The summed E-state index contributed by atoms with van der Waals surface area (Å²) in [6, 6.07) is 1.98. The Balaban J connectivity index is 2.03. The van der Waals surface area contributed by atoms with E-state index < -0.39 is 0 Å². The van der Waals surface area contributed by atoms with Crippen LogP contribution in [0.5, 0.6) is 5.75 Å². The zero-order chi connectivity index (χ0) is 11.7. The average molecular weight is 230 g/mol. The van der Waals surface area contributed by atoms with Gasteiger partial charge in [-0.25, -0.2) is 4.98 Å². The first-order valence-corrected chi connectivity index (χ1v) is 6.49. The van der Waals surface area contributed by atoms with Gasteiger partial charge in [0.2, 0.25) is 0 Å². The predicted molar refractivity (Wildman–Crippen MR) is 68.5 cm³/mol. The number of pyridine rings is 1. The molecule has 0 aliphatic heterocycles. The number of nitrogens with zero attached hydrogens (tertiary/aromatic N) is 1. The molecule has 17 heavy (non-hydrogen) atoms. The first-order chi connectivity index (χ1) is 8.40. The minimum Gasteiger partial charge on any atom is -0.493 e. The first kappa shape index (κ1) is 10.6. The Labute approximate surface area is 101 Å². The molecule has 0 unspecified atom stereocenters. The lowest BCUT2D eigenvalue weighted by molar-refractivity contribution is 0.320. The van der Waals surface area contributed by atoms with Gasteiger partial charge in [0.25, 0.3) is 0 Å². The fourth-order valence-electron chi connectivity index (χ4n) is 2.42. The summed E-state index contributed by atoms with van der Waals surface area (Å²) in [5, 5.41) is 1.20. The molecule has 0 saturated heterocycles. The Bertz CT molecular complexity index is 514. The number of fused-ring (bicyclic) bond motifs is 1. The summed E-state index contributed by atoms with van der Waals surface area (Å²) in [6.07, 6.45) is 8.91. The molecule has 1 aliphatic carbocycles. The van der Waals surface area contributed by atoms with E-state index >= 15 is 0 Å². The van der Waals surface area contributed by atoms with E-state index in [2.05, 4.69) is 23.1 Å². The van der Waals surface area contributed by atoms with Crippen molar-refractivity contribution in [2.24, 2.45) is 0 Å². The quantitative estimate of drug-likeness (QED) is 0.871. The number of hydrogen-bond donors (Lipinski definition) is 1. The molecule has 3 heteroatoms. The van der Waals surface area contributed by atoms with Crippen molar-refractivity contribution in [3.63, 3.8) is 0 Å². The molecular weight excluding hydrogens is 212 g/mol. The van der Waals surface area contributed by atoms with Crippen LogP contribution < -0.4 is 4.74 Å². The Kier molecular flexibility index (Phi) is 2.75. The topological polar surface area (TPSA) is 37.9 Å². The van der Waals surface area contributed by atoms with E-state index in [1.165, 1.54) is 30.2 Å². The van der Waals surface area contributed by atoms with Crippen molar-refractivity contribution in [2.75, 3.05) is 6.61 Å². The molecule has 0 radical (unpaired) electrons. The first-order valence-electron chi connectivity index (χ1n) is 6.49. The molecule has 0 bridgehead atoms. The lowest BCUT2D eigenvalue weighted by Crippen LogP contribution is -2.08. The highest BCUT2D eigenvalue weighted by Gasteiger charge is 2.24. The summed E-state index contributed by atoms with van der Waals surface area (Å²) in [5.74, 6) is 1.69. The van der Waals surface area contributed by atoms with Crippen molar-refractivity contribution in [1.29, 1.82) is 0 Å². The van der Waals surface area contributed by atoms with Crippen LogP contribution in [0.3, 0.4) is 0 Å². The van der Waals surface area contributed by atoms with Gasteiger partial charge in [0.15, 0.2) is 0 Å². The zero-order valence-corrected chi connectivity index (χ0v) is 10.2. The van der Waals surface area contributed by atoms with Crippen LogP contribution in [0.25, 0.3) is 11.0 Å². The molecule has 2 aromatic heterocycles. The van der Waals surface area contributed by atoms with E-state index in [4.69, 9.17) is 4.74 Å². The molecule has 3 nitrogen and oxygen atoms in total. The highest BCUT2D eigenvalue weighted by Crippen LogP contribution is 2.41. The van der Waals surface area contributed by atoms with Gasteiger partial charge in [0.05, 0.1) is 12.0 Å². The molecule has 0 atom stereocenters. The second kappa shape index (κ2) is 4.40. The number of nitrogens with one attached hydrogen (secondary N) is 1. The Hall–Kier alpha value is -1.51. The maximum Gasteiger partial charge on any atom is 0.141 e. The molecule has 1 aliphatic rings. The molecule has 1 fully saturated rings. The zero-order valence-electron chi connectivity index (χ0n) is 10.2. The van der Waals surface area contributed by atoms with Crippen LogP contribution in [0.4, 0.5) is 0 Å². The van der Waals surface area contributed by atoms with Gasteiger partial charge in [-0.05, 0) is 36.8 Å². The van der Waals surface area contributed by atoms with Crippen molar-refractivity contribution in [3.05, 3.63) is 24.0 Å². The molecule has 1 saturated carbocycles. The molecule has 0 spiro atoms. The number of rotatable bonds is 4. The van der Waals surface area contributed by atoms with E-state index in [1.807, 2.05) is 12.3 Å². The van der Waals surface area contributed by atoms with Crippen molar-refractivity contribution in [1.82, 2.24) is 9.97 Å². The summed E-state index contributed by atoms with van der Waals surface area (Å²) >= 11 is 0. The van der Waals surface area contributed by atoms with Crippen molar-refractivity contribution < 1.29 is 4.74 Å². The van der Waals surface area contributed by atoms with Gasteiger partial charge < -0.3 is 9.72 Å². The number of ether oxygens (including phenoxy) is 1. The summed E-state index contributed by atoms with van der Waals surface area (Å²) < 4.78 is 5.83. The van der Waals surface area contributed by atoms with Crippen LogP contribution in [0.1, 0.15) is 44.1 Å². The van der Waals surface area contributed by atoms with E-state index in [-0.39, 0.29) is 0 Å². The van der Waals surface area contributed by atoms with Gasteiger partial charge in [0, 0.05) is 12.4 Å². The van der Waals surface area contributed by atoms with E-state index in [1.54, 1.807) is 0 Å². The molecule has 2 heterocycles. The predicted octanol–water partition coefficient (Wildman–Crippen LogP) is 3.62. The number of hydrogen-bond acceptors (Lipinski definition) is 2. The van der Waals surface area contributed by atoms with E-state index in [0.717, 1.165) is 24.4 Å². The van der Waals surface area contributed by atoms with Crippen LogP contribution in [-0.4, -0.2) is 16.6 Å². The van der Waals surface area contributed by atoms with E-state index in [9.17, 15) is 0 Å². The highest BCUT2D eigenvalue weighted by atomic mass is 16.5. The lowest BCUT2D eigenvalue weighted by atomic mass is 9.80. The van der Waals surface area contributed by atoms with Crippen LogP contribution in [0.2, 0.25) is 0 Å². The third kappa shape index (κ3) is 1.79. The van der Waals surface area contributed by atoms with Crippen LogP contribution >= 0.6 is 0 Å². The third-order valence-corrected chi connectivity index (χ3v) is 3.57. The van der Waals surface area contributed by atoms with Crippen LogP contribution in [-0.2, 0) is 0 Å². The van der Waals surface area contributed by atoms with Gasteiger partial charge in [-0.1, -0.05) is 13.3 Å². The maximum atomic E-state index is 5.83. The van der Waals surface area contributed by atoms with Gasteiger partial charge in [0.1, 0.15) is 11.4 Å². The van der Waals surface area contributed by atoms with Crippen LogP contribution in [0.15, 0.2) is 18.5 Å². The molecule has 3 rings (SSSR count). The number of aromatic amines is 1. The second-order valence-corrected chi connectivity index (χ2v) is 4.75. The van der Waals surface area contributed by atoms with E-state index in [0.29, 0.717) is 5.92 Å². The van der Waals surface area contributed by atoms with Crippen molar-refractivity contribution in [3.8, 4) is 5.75 Å². The second-order valence-electron chi connectivity index (χ2n) is 4.75. The average Bonchev–Trinajstić information content (AvgIpc) is 2.69. The van der Waals surface area contributed by atoms with Gasteiger partial charge in [-0.3, -0.25) is 0 Å². The monoisotopic (exact) mass is 230 g/mol. The summed E-state index contributed by atoms with van der Waals surface area (Å²) in [4.78, 5) is 7.64. The molecule has 90 valence electrons. The van der Waals surface area contributed by atoms with Crippen molar-refractivity contribution in [2.45, 2.75) is 38.5 Å². The third-order valence-electron chi connectivity index (χ3n) is 3.57. The Morgan fingerprint density at radius 2 is 2.35 bits per heavy atom. The van der Waals surface area contributed by atoms with Crippen molar-refractivity contribution >= 4 is 11.0 Å². The molecule has 2 aromatic rings. The Morgan fingerprint density at radius 3 is 3.06 bits per heavy atom.